The normalized spacial score (nSPS) is 10.5. The van der Waals surface area contributed by atoms with Crippen molar-refractivity contribution in [3.05, 3.63) is 139 Å². The van der Waals surface area contributed by atoms with E-state index < -0.39 is 30.8 Å². The summed E-state index contributed by atoms with van der Waals surface area (Å²) in [4.78, 5) is 33.1. The average Bonchev–Trinajstić information content (AvgIpc) is 4.31. The number of ketones is 1. The van der Waals surface area contributed by atoms with E-state index in [0.29, 0.717) is 5.69 Å². The number of alkyl halides is 2. The summed E-state index contributed by atoms with van der Waals surface area (Å²) in [5.74, 6) is 3.29. The van der Waals surface area contributed by atoms with Crippen LogP contribution in [-0.2, 0) is 96.3 Å². The Morgan fingerprint density at radius 3 is 1.45 bits per heavy atom. The van der Waals surface area contributed by atoms with Crippen molar-refractivity contribution in [3.8, 4) is 0 Å². The first kappa shape index (κ1) is 91.8. The summed E-state index contributed by atoms with van der Waals surface area (Å²) in [6.45, 7) is 17.4. The molecule has 0 amide bonds. The summed E-state index contributed by atoms with van der Waals surface area (Å²) in [6, 6.07) is 18.5. The van der Waals surface area contributed by atoms with Crippen molar-refractivity contribution < 1.29 is 50.3 Å². The van der Waals surface area contributed by atoms with Crippen molar-refractivity contribution in [2.75, 3.05) is 31.8 Å². The van der Waals surface area contributed by atoms with E-state index in [1.54, 1.807) is 81.6 Å². The Labute approximate surface area is 522 Å². The van der Waals surface area contributed by atoms with Gasteiger partial charge >= 0.3 is 22.5 Å². The van der Waals surface area contributed by atoms with E-state index in [9.17, 15) is 18.3 Å². The molecular weight excluding hydrogens is 1180 g/mol. The fraction of sp³-hybridized carbons (Fsp3) is 0.533. The van der Waals surface area contributed by atoms with Crippen molar-refractivity contribution in [1.82, 2.24) is 47.8 Å². The molecule has 1 atom stereocenters. The summed E-state index contributed by atoms with van der Waals surface area (Å²) in [5.41, 5.74) is 1.58. The van der Waals surface area contributed by atoms with Gasteiger partial charge in [-0.15, -0.1) is 23.2 Å². The Morgan fingerprint density at radius 2 is 1.10 bits per heavy atom. The molecule has 1 saturated heterocycles. The number of Topliss-reactive ketones (excluding diaryl/α,β-unsaturated/α-hetero) is 1. The number of sulfone groups is 1. The van der Waals surface area contributed by atoms with Gasteiger partial charge in [0, 0.05) is 130 Å². The molecule has 7 aromatic rings. The van der Waals surface area contributed by atoms with Crippen LogP contribution in [0.3, 0.4) is 0 Å². The zero-order chi connectivity index (χ0) is 58.0. The Morgan fingerprint density at radius 1 is 0.663 bits per heavy atom. The number of carbonyl (C=O) groups is 1. The molecule has 1 aliphatic heterocycles. The number of aliphatic hydroxyl groups excluding tert-OH is 1. The van der Waals surface area contributed by atoms with Gasteiger partial charge in [0.15, 0.2) is 10.9 Å². The molecule has 0 bridgehead atoms. The zero-order valence-corrected chi connectivity index (χ0v) is 51.2. The molecular formula is C60H106Cl2MnN10O8S2. The van der Waals surface area contributed by atoms with Crippen LogP contribution in [0.15, 0.2) is 130 Å². The van der Waals surface area contributed by atoms with Crippen molar-refractivity contribution in [3.63, 3.8) is 0 Å². The Balaban J connectivity index is -0.000000161. The summed E-state index contributed by atoms with van der Waals surface area (Å²) < 4.78 is 60.0. The Kier molecular flexibility index (Phi) is 62.1. The SMILES string of the molecule is C.C.C.C.C.C.C1CCOC1.CCCc1ncc(C(C)=O)n1C.CCCc1ncc(C(C)O)n1C.CCCc1nccn1C.CCOCC.ClCCl.Cn1ccnc1S(=O)(=O)c1ccccc1.Cn1ccnc1Sc1ccccc1.[O]=[Mn]=[O]. The molecule has 18 nitrogen and oxygen atoms in total. The van der Waals surface area contributed by atoms with E-state index in [2.05, 4.69) is 62.4 Å². The molecule has 1 N–H and O–H groups in total. The van der Waals surface area contributed by atoms with E-state index in [0.717, 1.165) is 81.0 Å². The molecule has 5 aromatic heterocycles. The predicted molar refractivity (Wildman–Crippen MR) is 342 cm³/mol. The summed E-state index contributed by atoms with van der Waals surface area (Å²) in [6.07, 6.45) is 22.5. The minimum atomic E-state index is -3.47. The van der Waals surface area contributed by atoms with Gasteiger partial charge < -0.3 is 37.4 Å². The van der Waals surface area contributed by atoms with E-state index in [1.165, 1.54) is 40.7 Å². The van der Waals surface area contributed by atoms with Crippen LogP contribution < -0.4 is 0 Å². The second kappa shape index (κ2) is 56.2. The number of imidazole rings is 5. The van der Waals surface area contributed by atoms with Crippen molar-refractivity contribution in [2.45, 2.75) is 171 Å². The molecule has 2 aromatic carbocycles. The standard InChI is InChI=1S/C10H10N2O2S.C10H10N2S.C9H16N2O.C9H14N2O.C7H12N2.C4H8O.C4H10O.CH2Cl2.6CH4.Mn.2O/c1-12-8-7-11-10(12)15(13,14)9-5-3-2-4-6-9;1-12-8-7-11-10(12)13-9-5-3-2-4-6-9;2*1-4-5-9-10-6-8(7(2)12)11(9)3;1-3-4-7-8-5-6-9(7)2;1-2-4-5-3-1;1-3-5-4-2;2-1-3;;;;;;;;;/h2-8H,1H3;2-8H,1H3;6-7,12H,4-5H2,1-3H3;6H,4-5H2,1-3H3;5-6H,3-4H2,1-2H3;1-4H2;3-4H2,1-2H3;1H2;6*1H4;;;. The number of aryl methyl sites for hydroxylation is 6. The van der Waals surface area contributed by atoms with Crippen LogP contribution in [0.2, 0.25) is 0 Å². The van der Waals surface area contributed by atoms with E-state index in [1.807, 2.05) is 98.7 Å². The quantitative estimate of drug-likeness (QED) is 0.0609. The number of halogens is 2. The molecule has 1 fully saturated rings. The van der Waals surface area contributed by atoms with Gasteiger partial charge in [-0.05, 0) is 77.1 Å². The first-order valence-corrected chi connectivity index (χ1v) is 29.5. The van der Waals surface area contributed by atoms with Crippen LogP contribution in [0.1, 0.15) is 165 Å². The molecule has 83 heavy (non-hydrogen) atoms. The van der Waals surface area contributed by atoms with Gasteiger partial charge in [-0.1, -0.05) is 113 Å². The van der Waals surface area contributed by atoms with Crippen LogP contribution in [0.25, 0.3) is 0 Å². The molecule has 477 valence electrons. The molecule has 23 heteroatoms. The maximum absolute atomic E-state index is 12.0. The predicted octanol–water partition coefficient (Wildman–Crippen LogP) is 15.0. The minimum absolute atomic E-state index is 0. The number of hydrogen-bond acceptors (Lipinski definition) is 14. The van der Waals surface area contributed by atoms with Crippen LogP contribution in [0, 0.1) is 0 Å². The third-order valence-electron chi connectivity index (χ3n) is 10.4. The number of benzene rings is 2. The molecule has 1 unspecified atom stereocenters. The first-order valence-electron chi connectivity index (χ1n) is 25.2. The maximum atomic E-state index is 12.0. The Bertz CT molecular complexity index is 2720. The zero-order valence-electron chi connectivity index (χ0n) is 46.9. The summed E-state index contributed by atoms with van der Waals surface area (Å²) in [5, 5.41) is 10.6. The monoisotopic (exact) mass is 1280 g/mol. The van der Waals surface area contributed by atoms with E-state index >= 15 is 0 Å². The molecule has 0 radical (unpaired) electrons. The third kappa shape index (κ3) is 37.9. The van der Waals surface area contributed by atoms with Crippen LogP contribution in [0.5, 0.6) is 0 Å². The summed E-state index contributed by atoms with van der Waals surface area (Å²) >= 11 is 9.76. The fourth-order valence-electron chi connectivity index (χ4n) is 6.47. The summed E-state index contributed by atoms with van der Waals surface area (Å²) in [7, 11) is 6.03. The Hall–Kier alpha value is -4.96. The first-order chi connectivity index (χ1) is 36.9. The van der Waals surface area contributed by atoms with Crippen LogP contribution in [-0.4, -0.2) is 98.8 Å². The molecule has 0 saturated carbocycles. The third-order valence-corrected chi connectivity index (χ3v) is 13.2. The number of rotatable bonds is 14. The average molecular weight is 1290 g/mol. The topological polar surface area (TPSA) is 213 Å². The van der Waals surface area contributed by atoms with Gasteiger partial charge in [-0.25, -0.2) is 33.3 Å². The number of carbonyl (C=O) groups excluding carboxylic acids is 1. The second-order valence-electron chi connectivity index (χ2n) is 16.4. The number of ether oxygens (including phenoxy) is 2. The van der Waals surface area contributed by atoms with Crippen molar-refractivity contribution in [1.29, 1.82) is 0 Å². The number of hydrogen-bond donors (Lipinski definition) is 1. The number of nitrogens with zero attached hydrogens (tertiary/aromatic N) is 10. The van der Waals surface area contributed by atoms with Gasteiger partial charge in [0.25, 0.3) is 0 Å². The molecule has 8 rings (SSSR count). The van der Waals surface area contributed by atoms with Gasteiger partial charge in [0.2, 0.25) is 15.0 Å². The molecule has 6 heterocycles. The van der Waals surface area contributed by atoms with E-state index in [4.69, 9.17) is 40.3 Å². The van der Waals surface area contributed by atoms with Gasteiger partial charge in [0.1, 0.15) is 23.2 Å². The second-order valence-corrected chi connectivity index (χ2v) is 20.2. The van der Waals surface area contributed by atoms with Gasteiger partial charge in [0.05, 0.1) is 34.4 Å². The number of aromatic nitrogens is 10. The van der Waals surface area contributed by atoms with Crippen LogP contribution in [0.4, 0.5) is 0 Å². The molecule has 0 spiro atoms. The van der Waals surface area contributed by atoms with Crippen LogP contribution >= 0.6 is 35.0 Å². The van der Waals surface area contributed by atoms with Gasteiger partial charge in [-0.2, -0.15) is 0 Å². The fourth-order valence-corrected chi connectivity index (χ4v) is 8.66. The molecule has 0 aliphatic carbocycles. The van der Waals surface area contributed by atoms with Crippen molar-refractivity contribution >= 4 is 50.6 Å². The molecule has 1 aliphatic rings. The van der Waals surface area contributed by atoms with Crippen molar-refractivity contribution in [2.24, 2.45) is 35.2 Å². The number of aliphatic hydroxyl groups is 1. The van der Waals surface area contributed by atoms with E-state index in [-0.39, 0.29) is 65.7 Å². The van der Waals surface area contributed by atoms with Gasteiger partial charge in [-0.3, -0.25) is 4.79 Å².